The molecule has 0 aromatic heterocycles. The molecular weight excluding hydrogens is 340 g/mol. The molecule has 0 bridgehead atoms. The molecule has 2 amide bonds. The van der Waals surface area contributed by atoms with E-state index in [4.69, 9.17) is 0 Å². The van der Waals surface area contributed by atoms with Crippen LogP contribution in [0.15, 0.2) is 18.2 Å². The summed E-state index contributed by atoms with van der Waals surface area (Å²) in [5, 5.41) is 3.03. The van der Waals surface area contributed by atoms with E-state index in [2.05, 4.69) is 22.0 Å². The maximum Gasteiger partial charge on any atom is 0.241 e. The summed E-state index contributed by atoms with van der Waals surface area (Å²) in [4.78, 5) is 31.1. The molecule has 0 radical (unpaired) electrons. The first kappa shape index (κ1) is 21.4. The van der Waals surface area contributed by atoms with Crippen molar-refractivity contribution in [2.75, 3.05) is 51.1 Å². The first-order valence-corrected chi connectivity index (χ1v) is 9.98. The second-order valence-electron chi connectivity index (χ2n) is 7.34. The number of hydrogen-bond acceptors (Lipinski definition) is 4. The quantitative estimate of drug-likeness (QED) is 0.794. The second-order valence-corrected chi connectivity index (χ2v) is 7.34. The van der Waals surface area contributed by atoms with Crippen LogP contribution in [0.3, 0.4) is 0 Å². The fraction of sp³-hybridized carbons (Fsp3) is 0.619. The maximum absolute atomic E-state index is 12.6. The third-order valence-electron chi connectivity index (χ3n) is 5.58. The summed E-state index contributed by atoms with van der Waals surface area (Å²) in [7, 11) is 0. The van der Waals surface area contributed by atoms with Crippen molar-refractivity contribution in [2.24, 2.45) is 0 Å². The van der Waals surface area contributed by atoms with Crippen molar-refractivity contribution >= 4 is 17.5 Å². The molecule has 27 heavy (non-hydrogen) atoms. The lowest BCUT2D eigenvalue weighted by molar-refractivity contribution is -0.133. The standard InChI is InChI=1S/C21H34N4O2/c1-6-24(7-2)20(26)15-23-10-12-25(13-11-23)18(5)21(27)22-19-9-8-16(3)17(4)14-19/h8-9,14,18H,6-7,10-13,15H2,1-5H3,(H,22,27). The highest BCUT2D eigenvalue weighted by atomic mass is 16.2. The minimum Gasteiger partial charge on any atom is -0.342 e. The Kier molecular flexibility index (Phi) is 7.80. The molecule has 1 heterocycles. The van der Waals surface area contributed by atoms with Gasteiger partial charge in [0.2, 0.25) is 11.8 Å². The number of aryl methyl sites for hydroxylation is 2. The van der Waals surface area contributed by atoms with Crippen LogP contribution in [0.5, 0.6) is 0 Å². The van der Waals surface area contributed by atoms with Gasteiger partial charge in [-0.15, -0.1) is 0 Å². The van der Waals surface area contributed by atoms with Crippen LogP contribution < -0.4 is 5.32 Å². The number of rotatable bonds is 7. The van der Waals surface area contributed by atoms with Gasteiger partial charge in [-0.05, 0) is 57.9 Å². The van der Waals surface area contributed by atoms with Gasteiger partial charge >= 0.3 is 0 Å². The van der Waals surface area contributed by atoms with Crippen molar-refractivity contribution in [3.05, 3.63) is 29.3 Å². The predicted molar refractivity (Wildman–Crippen MR) is 110 cm³/mol. The molecule has 0 saturated carbocycles. The van der Waals surface area contributed by atoms with Crippen LogP contribution in [0.2, 0.25) is 0 Å². The van der Waals surface area contributed by atoms with E-state index in [9.17, 15) is 9.59 Å². The number of benzene rings is 1. The van der Waals surface area contributed by atoms with Crippen LogP contribution in [-0.2, 0) is 9.59 Å². The molecular formula is C21H34N4O2. The molecule has 1 N–H and O–H groups in total. The number of anilines is 1. The Bertz CT molecular complexity index is 650. The Labute approximate surface area is 163 Å². The summed E-state index contributed by atoms with van der Waals surface area (Å²) in [5.41, 5.74) is 3.24. The highest BCUT2D eigenvalue weighted by Gasteiger charge is 2.27. The molecule has 1 aliphatic rings. The molecule has 0 aliphatic carbocycles. The van der Waals surface area contributed by atoms with Crippen molar-refractivity contribution in [2.45, 2.75) is 40.7 Å². The average Bonchev–Trinajstić information content (AvgIpc) is 2.65. The molecule has 1 unspecified atom stereocenters. The molecule has 1 fully saturated rings. The zero-order chi connectivity index (χ0) is 20.0. The third kappa shape index (κ3) is 5.78. The van der Waals surface area contributed by atoms with E-state index in [1.54, 1.807) is 0 Å². The largest absolute Gasteiger partial charge is 0.342 e. The lowest BCUT2D eigenvalue weighted by atomic mass is 10.1. The highest BCUT2D eigenvalue weighted by molar-refractivity contribution is 5.94. The van der Waals surface area contributed by atoms with Gasteiger partial charge in [0.15, 0.2) is 0 Å². The zero-order valence-electron chi connectivity index (χ0n) is 17.4. The number of amides is 2. The summed E-state index contributed by atoms with van der Waals surface area (Å²) in [6.07, 6.45) is 0. The molecule has 6 nitrogen and oxygen atoms in total. The Morgan fingerprint density at radius 3 is 2.26 bits per heavy atom. The number of likely N-dealkylation sites (N-methyl/N-ethyl adjacent to an activating group) is 1. The van der Waals surface area contributed by atoms with Crippen LogP contribution in [0.1, 0.15) is 31.9 Å². The van der Waals surface area contributed by atoms with Gasteiger partial charge in [-0.3, -0.25) is 19.4 Å². The number of carbonyl (C=O) groups is 2. The molecule has 6 heteroatoms. The molecule has 1 atom stereocenters. The Morgan fingerprint density at radius 2 is 1.70 bits per heavy atom. The molecule has 1 aromatic rings. The average molecular weight is 375 g/mol. The minimum absolute atomic E-state index is 0.0194. The number of piperazine rings is 1. The summed E-state index contributed by atoms with van der Waals surface area (Å²) in [6, 6.07) is 5.80. The Balaban J connectivity index is 1.83. The molecule has 1 saturated heterocycles. The van der Waals surface area contributed by atoms with E-state index in [-0.39, 0.29) is 17.9 Å². The van der Waals surface area contributed by atoms with Gasteiger partial charge in [-0.2, -0.15) is 0 Å². The molecule has 1 aliphatic heterocycles. The second kappa shape index (κ2) is 9.85. The van der Waals surface area contributed by atoms with E-state index in [1.807, 2.05) is 50.8 Å². The SMILES string of the molecule is CCN(CC)C(=O)CN1CCN(C(C)C(=O)Nc2ccc(C)c(C)c2)CC1. The number of nitrogens with one attached hydrogen (secondary N) is 1. The Morgan fingerprint density at radius 1 is 1.07 bits per heavy atom. The maximum atomic E-state index is 12.6. The summed E-state index contributed by atoms with van der Waals surface area (Å²) in [5.74, 6) is 0.208. The molecule has 1 aromatic carbocycles. The third-order valence-corrected chi connectivity index (χ3v) is 5.58. The minimum atomic E-state index is -0.188. The van der Waals surface area contributed by atoms with Crippen molar-refractivity contribution in [1.82, 2.24) is 14.7 Å². The summed E-state index contributed by atoms with van der Waals surface area (Å²) >= 11 is 0. The Hall–Kier alpha value is -1.92. The smallest absolute Gasteiger partial charge is 0.241 e. The first-order valence-electron chi connectivity index (χ1n) is 9.98. The fourth-order valence-electron chi connectivity index (χ4n) is 3.41. The lowest BCUT2D eigenvalue weighted by Crippen LogP contribution is -2.54. The van der Waals surface area contributed by atoms with E-state index in [1.165, 1.54) is 11.1 Å². The summed E-state index contributed by atoms with van der Waals surface area (Å²) in [6.45, 7) is 15.3. The van der Waals surface area contributed by atoms with Gasteiger partial charge in [0.05, 0.1) is 12.6 Å². The summed E-state index contributed by atoms with van der Waals surface area (Å²) < 4.78 is 0. The first-order chi connectivity index (χ1) is 12.8. The van der Waals surface area contributed by atoms with E-state index >= 15 is 0 Å². The van der Waals surface area contributed by atoms with Crippen molar-refractivity contribution in [1.29, 1.82) is 0 Å². The molecule has 150 valence electrons. The van der Waals surface area contributed by atoms with Crippen LogP contribution in [-0.4, -0.2) is 78.4 Å². The van der Waals surface area contributed by atoms with Gasteiger partial charge in [-0.25, -0.2) is 0 Å². The lowest BCUT2D eigenvalue weighted by Gasteiger charge is -2.37. The van der Waals surface area contributed by atoms with Gasteiger partial charge < -0.3 is 10.2 Å². The van der Waals surface area contributed by atoms with Gasteiger partial charge in [0.25, 0.3) is 0 Å². The van der Waals surface area contributed by atoms with Crippen LogP contribution in [0, 0.1) is 13.8 Å². The zero-order valence-corrected chi connectivity index (χ0v) is 17.4. The number of carbonyl (C=O) groups excluding carboxylic acids is 2. The van der Waals surface area contributed by atoms with E-state index in [0.717, 1.165) is 45.0 Å². The van der Waals surface area contributed by atoms with Gasteiger partial charge in [-0.1, -0.05) is 6.07 Å². The monoisotopic (exact) mass is 374 g/mol. The topological polar surface area (TPSA) is 55.9 Å². The van der Waals surface area contributed by atoms with E-state index in [0.29, 0.717) is 6.54 Å². The van der Waals surface area contributed by atoms with Crippen molar-refractivity contribution in [3.8, 4) is 0 Å². The van der Waals surface area contributed by atoms with Crippen molar-refractivity contribution in [3.63, 3.8) is 0 Å². The number of nitrogens with zero attached hydrogens (tertiary/aromatic N) is 3. The highest BCUT2D eigenvalue weighted by Crippen LogP contribution is 2.15. The van der Waals surface area contributed by atoms with E-state index < -0.39 is 0 Å². The van der Waals surface area contributed by atoms with Crippen molar-refractivity contribution < 1.29 is 9.59 Å². The van der Waals surface area contributed by atoms with Crippen LogP contribution in [0.25, 0.3) is 0 Å². The normalized spacial score (nSPS) is 16.8. The van der Waals surface area contributed by atoms with Crippen LogP contribution in [0.4, 0.5) is 5.69 Å². The predicted octanol–water partition coefficient (Wildman–Crippen LogP) is 2.12. The molecule has 0 spiro atoms. The fourth-order valence-corrected chi connectivity index (χ4v) is 3.41. The number of hydrogen-bond donors (Lipinski definition) is 1. The molecule has 2 rings (SSSR count). The van der Waals surface area contributed by atoms with Crippen LogP contribution >= 0.6 is 0 Å². The van der Waals surface area contributed by atoms with Gasteiger partial charge in [0, 0.05) is 45.0 Å². The van der Waals surface area contributed by atoms with Gasteiger partial charge in [0.1, 0.15) is 0 Å².